The highest BCUT2D eigenvalue weighted by Crippen LogP contribution is 2.34. The Kier molecular flexibility index (Phi) is 9.67. The van der Waals surface area contributed by atoms with E-state index < -0.39 is 44.3 Å². The van der Waals surface area contributed by atoms with Crippen molar-refractivity contribution in [1.29, 1.82) is 0 Å². The van der Waals surface area contributed by atoms with Crippen molar-refractivity contribution in [2.24, 2.45) is 10.8 Å². The van der Waals surface area contributed by atoms with Crippen LogP contribution in [0.3, 0.4) is 0 Å². The molecule has 0 bridgehead atoms. The molecule has 8 heteroatoms. The highest BCUT2D eigenvalue weighted by Gasteiger charge is 2.28. The molecule has 6 nitrogen and oxygen atoms in total. The van der Waals surface area contributed by atoms with Crippen molar-refractivity contribution in [3.8, 4) is 0 Å². The Labute approximate surface area is 202 Å². The summed E-state index contributed by atoms with van der Waals surface area (Å²) in [6.07, 6.45) is 5.80. The molecule has 0 radical (unpaired) electrons. The number of carboxylic acid groups (broad SMARTS) is 2. The molecule has 0 fully saturated rings. The second kappa shape index (κ2) is 11.6. The van der Waals surface area contributed by atoms with Crippen LogP contribution in [0.5, 0.6) is 0 Å². The molecule has 0 aliphatic heterocycles. The molecule has 0 saturated carbocycles. The van der Waals surface area contributed by atoms with Gasteiger partial charge in [0.2, 0.25) is 0 Å². The van der Waals surface area contributed by atoms with Crippen LogP contribution >= 0.6 is 21.5 Å². The Balaban J connectivity index is 1.82. The minimum absolute atomic E-state index is 0.537. The predicted octanol–water partition coefficient (Wildman–Crippen LogP) is 6.18. The van der Waals surface area contributed by atoms with Crippen LogP contribution in [0.1, 0.15) is 79.3 Å². The second-order valence-electron chi connectivity index (χ2n) is 10.0. The van der Waals surface area contributed by atoms with Gasteiger partial charge in [0.15, 0.2) is 0 Å². The lowest BCUT2D eigenvalue weighted by Crippen LogP contribution is -2.23. The van der Waals surface area contributed by atoms with E-state index in [9.17, 15) is 28.9 Å². The molecule has 2 aromatic rings. The largest absolute Gasteiger partial charge is 0.590 e. The van der Waals surface area contributed by atoms with E-state index in [1.807, 2.05) is 24.3 Å². The van der Waals surface area contributed by atoms with Crippen molar-refractivity contribution >= 4 is 33.4 Å². The number of carbonyl (C=O) groups is 2. The Morgan fingerprint density at radius 1 is 0.667 bits per heavy atom. The van der Waals surface area contributed by atoms with Gasteiger partial charge < -0.3 is 19.3 Å². The van der Waals surface area contributed by atoms with Crippen molar-refractivity contribution in [3.63, 3.8) is 0 Å². The van der Waals surface area contributed by atoms with Gasteiger partial charge in [-0.2, -0.15) is 0 Å². The van der Waals surface area contributed by atoms with Crippen LogP contribution in [0.25, 0.3) is 0 Å². The minimum Gasteiger partial charge on any atom is -0.590 e. The first-order chi connectivity index (χ1) is 15.3. The van der Waals surface area contributed by atoms with E-state index in [-0.39, 0.29) is 0 Å². The lowest BCUT2D eigenvalue weighted by Gasteiger charge is -2.18. The van der Waals surface area contributed by atoms with E-state index in [1.165, 1.54) is 0 Å². The van der Waals surface area contributed by atoms with Crippen molar-refractivity contribution in [1.82, 2.24) is 0 Å². The van der Waals surface area contributed by atoms with Crippen LogP contribution in [0, 0.1) is 10.8 Å². The van der Waals surface area contributed by atoms with Crippen LogP contribution < -0.4 is 0 Å². The van der Waals surface area contributed by atoms with Gasteiger partial charge in [0.05, 0.1) is 10.8 Å². The first-order valence-corrected chi connectivity index (χ1v) is 13.7. The molecule has 2 atom stereocenters. The highest BCUT2D eigenvalue weighted by atomic mass is 32.2. The van der Waals surface area contributed by atoms with Gasteiger partial charge in [-0.25, -0.2) is 0 Å². The monoisotopic (exact) mass is 496 g/mol. The Bertz CT molecular complexity index is 878. The average molecular weight is 497 g/mol. The fourth-order valence-electron chi connectivity index (χ4n) is 3.72. The molecule has 0 saturated heterocycles. The van der Waals surface area contributed by atoms with Crippen LogP contribution in [0.2, 0.25) is 0 Å². The number of hydrogen-bond donors (Lipinski definition) is 2. The maximum Gasteiger partial charge on any atom is 0.309 e. The van der Waals surface area contributed by atoms with E-state index >= 15 is 0 Å². The summed E-state index contributed by atoms with van der Waals surface area (Å²) < 4.78 is 25.4. The van der Waals surface area contributed by atoms with Gasteiger partial charge in [-0.1, -0.05) is 21.5 Å². The SMILES string of the molecule is CC(C)(CCCc1ccc(CCCc2ccc(CCCC(C)(C)C(=O)O)[s+]2[O-])[s+]1[O-])C(=O)O. The highest BCUT2D eigenvalue weighted by molar-refractivity contribution is 7.25. The quantitative estimate of drug-likeness (QED) is 0.301. The fraction of sp³-hybridized carbons (Fsp3) is 0.600. The van der Waals surface area contributed by atoms with Crippen LogP contribution in [-0.2, 0) is 35.3 Å². The molecule has 184 valence electrons. The zero-order valence-electron chi connectivity index (χ0n) is 20.0. The van der Waals surface area contributed by atoms with E-state index in [2.05, 4.69) is 0 Å². The zero-order chi connectivity index (χ0) is 24.8. The maximum atomic E-state index is 12.7. The molecule has 0 aliphatic rings. The minimum atomic E-state index is -1.15. The topological polar surface area (TPSA) is 121 Å². The summed E-state index contributed by atoms with van der Waals surface area (Å²) in [4.78, 5) is 25.9. The van der Waals surface area contributed by atoms with E-state index in [1.54, 1.807) is 27.7 Å². The van der Waals surface area contributed by atoms with Gasteiger partial charge in [-0.15, -0.1) is 0 Å². The summed E-state index contributed by atoms with van der Waals surface area (Å²) >= 11 is 0. The van der Waals surface area contributed by atoms with Crippen molar-refractivity contribution < 1.29 is 28.9 Å². The molecular formula is C25H36O6S2. The summed E-state index contributed by atoms with van der Waals surface area (Å²) in [5, 5.41) is 18.4. The molecule has 2 aromatic heterocycles. The van der Waals surface area contributed by atoms with E-state index in [4.69, 9.17) is 0 Å². The first kappa shape index (κ1) is 27.5. The van der Waals surface area contributed by atoms with Gasteiger partial charge in [0, 0.05) is 25.7 Å². The zero-order valence-corrected chi connectivity index (χ0v) is 21.7. The average Bonchev–Trinajstić information content (AvgIpc) is 3.25. The van der Waals surface area contributed by atoms with Gasteiger partial charge in [-0.3, -0.25) is 9.59 Å². The predicted molar refractivity (Wildman–Crippen MR) is 131 cm³/mol. The van der Waals surface area contributed by atoms with Crippen LogP contribution in [0.15, 0.2) is 24.3 Å². The maximum absolute atomic E-state index is 12.7. The van der Waals surface area contributed by atoms with Gasteiger partial charge in [0.1, 0.15) is 19.5 Å². The van der Waals surface area contributed by atoms with Crippen molar-refractivity contribution in [2.45, 2.75) is 85.5 Å². The van der Waals surface area contributed by atoms with E-state index in [0.717, 1.165) is 25.9 Å². The lowest BCUT2D eigenvalue weighted by molar-refractivity contribution is -0.148. The fourth-order valence-corrected chi connectivity index (χ4v) is 6.48. The Morgan fingerprint density at radius 2 is 0.939 bits per heavy atom. The lowest BCUT2D eigenvalue weighted by atomic mass is 9.87. The molecule has 2 rings (SSSR count). The summed E-state index contributed by atoms with van der Waals surface area (Å²) in [5.74, 6) is -1.63. The molecular weight excluding hydrogens is 460 g/mol. The number of rotatable bonds is 14. The summed E-state index contributed by atoms with van der Waals surface area (Å²) in [6, 6.07) is 7.60. The Morgan fingerprint density at radius 3 is 1.21 bits per heavy atom. The van der Waals surface area contributed by atoms with Gasteiger partial charge in [0.25, 0.3) is 0 Å². The van der Waals surface area contributed by atoms with Crippen molar-refractivity contribution in [2.75, 3.05) is 0 Å². The number of aliphatic carboxylic acids is 2. The third-order valence-corrected chi connectivity index (χ3v) is 9.58. The Hall–Kier alpha value is -1.74. The number of aryl methyl sites for hydroxylation is 4. The van der Waals surface area contributed by atoms with Gasteiger partial charge >= 0.3 is 11.9 Å². The number of hydrogen-bond acceptors (Lipinski definition) is 4. The molecule has 0 spiro atoms. The molecule has 2 unspecified atom stereocenters. The van der Waals surface area contributed by atoms with Crippen molar-refractivity contribution in [3.05, 3.63) is 43.8 Å². The molecule has 2 heterocycles. The van der Waals surface area contributed by atoms with Gasteiger partial charge in [-0.05, 0) is 84.1 Å². The number of thiophene rings is 2. The second-order valence-corrected chi connectivity index (χ2v) is 13.2. The molecule has 0 amide bonds. The summed E-state index contributed by atoms with van der Waals surface area (Å²) in [6.45, 7) is 6.82. The molecule has 0 aliphatic carbocycles. The smallest absolute Gasteiger partial charge is 0.309 e. The molecule has 33 heavy (non-hydrogen) atoms. The molecule has 0 aromatic carbocycles. The van der Waals surface area contributed by atoms with E-state index in [0.29, 0.717) is 51.4 Å². The third kappa shape index (κ3) is 7.64. The van der Waals surface area contributed by atoms with Crippen LogP contribution in [0.4, 0.5) is 0 Å². The molecule has 2 N–H and O–H groups in total. The summed E-state index contributed by atoms with van der Waals surface area (Å²) in [7, 11) is -2.31. The number of carboxylic acids is 2. The normalized spacial score (nSPS) is 13.4. The standard InChI is InChI=1S/C25H36O6S2/c1-24(2,22(26)27)16-6-10-20-14-12-18(32(20)30)8-5-9-19-13-15-21(33(19)31)11-7-17-25(3,4)23(28)29/h12-15H,5-11,16-17H2,1-4H3,(H,26,27)(H,28,29). The third-order valence-electron chi connectivity index (χ3n) is 6.32. The summed E-state index contributed by atoms with van der Waals surface area (Å²) in [5.41, 5.74) is -1.55. The first-order valence-electron chi connectivity index (χ1n) is 11.4. The van der Waals surface area contributed by atoms with Crippen LogP contribution in [-0.4, -0.2) is 31.3 Å².